The van der Waals surface area contributed by atoms with Gasteiger partial charge in [0.2, 0.25) is 0 Å². The second kappa shape index (κ2) is 8.29. The molecular weight excluding hydrogens is 382 g/mol. The lowest BCUT2D eigenvalue weighted by atomic mass is 10.1. The fourth-order valence-electron chi connectivity index (χ4n) is 4.61. The van der Waals surface area contributed by atoms with E-state index in [1.165, 1.54) is 47.1 Å². The highest BCUT2D eigenvalue weighted by atomic mass is 35.5. The summed E-state index contributed by atoms with van der Waals surface area (Å²) in [7, 11) is 0. The second-order valence-electron chi connectivity index (χ2n) is 8.18. The highest BCUT2D eigenvalue weighted by Gasteiger charge is 2.19. The fourth-order valence-corrected chi connectivity index (χ4v) is 4.78. The second-order valence-corrected chi connectivity index (χ2v) is 8.62. The summed E-state index contributed by atoms with van der Waals surface area (Å²) in [6.07, 6.45) is 6.75. The van der Waals surface area contributed by atoms with Gasteiger partial charge in [-0.05, 0) is 73.3 Å². The molecule has 29 heavy (non-hydrogen) atoms. The minimum Gasteiger partial charge on any atom is -0.493 e. The average Bonchev–Trinajstić information content (AvgIpc) is 3.38. The molecule has 2 aliphatic heterocycles. The van der Waals surface area contributed by atoms with E-state index in [9.17, 15) is 0 Å². The number of halogens is 1. The lowest BCUT2D eigenvalue weighted by Gasteiger charge is -2.36. The third kappa shape index (κ3) is 4.10. The Labute approximate surface area is 177 Å². The number of fused-ring (bicyclic) bond motifs is 2. The lowest BCUT2D eigenvalue weighted by Crippen LogP contribution is -2.46. The number of hydrogen-bond donors (Lipinski definition) is 1. The third-order valence-electron chi connectivity index (χ3n) is 6.31. The van der Waals surface area contributed by atoms with E-state index in [2.05, 4.69) is 51.3 Å². The molecule has 1 saturated heterocycles. The number of anilines is 1. The molecule has 3 aromatic rings. The average molecular weight is 410 g/mol. The van der Waals surface area contributed by atoms with Gasteiger partial charge in [0.05, 0.1) is 6.61 Å². The van der Waals surface area contributed by atoms with Crippen LogP contribution in [0.2, 0.25) is 5.02 Å². The summed E-state index contributed by atoms with van der Waals surface area (Å²) in [6.45, 7) is 6.54. The number of ether oxygens (including phenoxy) is 1. The van der Waals surface area contributed by atoms with Crippen molar-refractivity contribution in [3.63, 3.8) is 0 Å². The molecule has 0 atom stereocenters. The highest BCUT2D eigenvalue weighted by Crippen LogP contribution is 2.30. The van der Waals surface area contributed by atoms with Gasteiger partial charge in [-0.2, -0.15) is 0 Å². The molecule has 0 radical (unpaired) electrons. The van der Waals surface area contributed by atoms with E-state index in [1.807, 2.05) is 6.07 Å². The van der Waals surface area contributed by atoms with Crippen molar-refractivity contribution in [2.24, 2.45) is 0 Å². The van der Waals surface area contributed by atoms with Crippen LogP contribution in [0.25, 0.3) is 10.9 Å². The maximum atomic E-state index is 6.16. The van der Waals surface area contributed by atoms with E-state index in [0.29, 0.717) is 0 Å². The number of aromatic amines is 1. The van der Waals surface area contributed by atoms with Gasteiger partial charge in [-0.1, -0.05) is 11.6 Å². The largest absolute Gasteiger partial charge is 0.493 e. The zero-order valence-electron chi connectivity index (χ0n) is 16.8. The number of aryl methyl sites for hydroxylation is 1. The molecule has 5 rings (SSSR count). The van der Waals surface area contributed by atoms with Crippen molar-refractivity contribution < 1.29 is 4.74 Å². The molecule has 0 spiro atoms. The molecule has 3 heterocycles. The Balaban J connectivity index is 1.08. The SMILES string of the molecule is Clc1ccc2[nH]cc(CCCCN3CCN(c4ccc5c(c4)CCO5)CC3)c2c1. The molecule has 4 nitrogen and oxygen atoms in total. The van der Waals surface area contributed by atoms with Gasteiger partial charge in [0.1, 0.15) is 5.75 Å². The number of aromatic nitrogens is 1. The molecule has 0 unspecified atom stereocenters. The van der Waals surface area contributed by atoms with Crippen LogP contribution in [0.5, 0.6) is 5.75 Å². The number of benzene rings is 2. The maximum Gasteiger partial charge on any atom is 0.122 e. The summed E-state index contributed by atoms with van der Waals surface area (Å²) < 4.78 is 5.63. The molecule has 5 heteroatoms. The number of hydrogen-bond acceptors (Lipinski definition) is 3. The first-order chi connectivity index (χ1) is 14.3. The Hall–Kier alpha value is -2.17. The summed E-state index contributed by atoms with van der Waals surface area (Å²) in [4.78, 5) is 8.49. The van der Waals surface area contributed by atoms with Crippen LogP contribution in [0.3, 0.4) is 0 Å². The Bertz CT molecular complexity index is 991. The number of unbranched alkanes of at least 4 members (excludes halogenated alkanes) is 1. The van der Waals surface area contributed by atoms with Crippen LogP contribution in [0.1, 0.15) is 24.0 Å². The zero-order valence-corrected chi connectivity index (χ0v) is 17.5. The summed E-state index contributed by atoms with van der Waals surface area (Å²) in [5.74, 6) is 1.07. The Morgan fingerprint density at radius 1 is 1.00 bits per heavy atom. The quantitative estimate of drug-likeness (QED) is 0.587. The summed E-state index contributed by atoms with van der Waals surface area (Å²) >= 11 is 6.16. The molecule has 2 aliphatic rings. The number of rotatable bonds is 6. The molecule has 0 saturated carbocycles. The predicted molar refractivity (Wildman–Crippen MR) is 121 cm³/mol. The van der Waals surface area contributed by atoms with E-state index in [-0.39, 0.29) is 0 Å². The number of piperazine rings is 1. The first-order valence-electron chi connectivity index (χ1n) is 10.7. The van der Waals surface area contributed by atoms with E-state index < -0.39 is 0 Å². The molecule has 1 N–H and O–H groups in total. The van der Waals surface area contributed by atoms with Crippen LogP contribution in [0, 0.1) is 0 Å². The van der Waals surface area contributed by atoms with Crippen molar-refractivity contribution in [1.29, 1.82) is 0 Å². The van der Waals surface area contributed by atoms with E-state index in [0.717, 1.165) is 56.4 Å². The standard InChI is InChI=1S/C24H28ClN3O/c25-20-4-6-23-22(16-20)19(17-26-23)3-1-2-9-27-10-12-28(13-11-27)21-5-7-24-18(15-21)8-14-29-24/h4-7,15-17,26H,1-3,8-14H2. The van der Waals surface area contributed by atoms with Crippen molar-refractivity contribution >= 4 is 28.2 Å². The molecule has 0 bridgehead atoms. The molecule has 0 amide bonds. The molecule has 0 aliphatic carbocycles. The number of H-pyrrole nitrogens is 1. The summed E-state index contributed by atoms with van der Waals surface area (Å²) in [6, 6.07) is 12.8. The van der Waals surface area contributed by atoms with Gasteiger partial charge in [-0.25, -0.2) is 0 Å². The van der Waals surface area contributed by atoms with Crippen LogP contribution in [-0.2, 0) is 12.8 Å². The molecule has 152 valence electrons. The van der Waals surface area contributed by atoms with Crippen molar-refractivity contribution in [3.05, 3.63) is 58.7 Å². The lowest BCUT2D eigenvalue weighted by molar-refractivity contribution is 0.253. The predicted octanol–water partition coefficient (Wildman–Crippen LogP) is 4.90. The van der Waals surface area contributed by atoms with Crippen molar-refractivity contribution in [3.8, 4) is 5.75 Å². The normalized spacial score (nSPS) is 16.9. The first kappa shape index (κ1) is 18.8. The fraction of sp³-hybridized carbons (Fsp3) is 0.417. The number of nitrogens with zero attached hydrogens (tertiary/aromatic N) is 2. The maximum absolute atomic E-state index is 6.16. The van der Waals surface area contributed by atoms with Crippen molar-refractivity contribution in [2.45, 2.75) is 25.7 Å². The van der Waals surface area contributed by atoms with Crippen LogP contribution >= 0.6 is 11.6 Å². The van der Waals surface area contributed by atoms with Crippen LogP contribution in [-0.4, -0.2) is 49.2 Å². The van der Waals surface area contributed by atoms with Crippen molar-refractivity contribution in [2.75, 3.05) is 44.2 Å². The van der Waals surface area contributed by atoms with Gasteiger partial charge in [0.25, 0.3) is 0 Å². The summed E-state index contributed by atoms with van der Waals surface area (Å²) in [5, 5.41) is 2.08. The van der Waals surface area contributed by atoms with Crippen molar-refractivity contribution in [1.82, 2.24) is 9.88 Å². The topological polar surface area (TPSA) is 31.5 Å². The third-order valence-corrected chi connectivity index (χ3v) is 6.55. The van der Waals surface area contributed by atoms with Gasteiger partial charge >= 0.3 is 0 Å². The monoisotopic (exact) mass is 409 g/mol. The molecule has 2 aromatic carbocycles. The van der Waals surface area contributed by atoms with E-state index >= 15 is 0 Å². The zero-order chi connectivity index (χ0) is 19.6. The van der Waals surface area contributed by atoms with Gasteiger partial charge in [-0.3, -0.25) is 4.90 Å². The Kier molecular flexibility index (Phi) is 5.38. The summed E-state index contributed by atoms with van der Waals surface area (Å²) in [5.41, 5.74) is 5.28. The minimum absolute atomic E-state index is 0.812. The Morgan fingerprint density at radius 2 is 1.90 bits per heavy atom. The van der Waals surface area contributed by atoms with Gasteiger partial charge in [0, 0.05) is 60.4 Å². The number of nitrogens with one attached hydrogen (secondary N) is 1. The Morgan fingerprint density at radius 3 is 2.79 bits per heavy atom. The highest BCUT2D eigenvalue weighted by molar-refractivity contribution is 6.31. The van der Waals surface area contributed by atoms with Crippen LogP contribution in [0.4, 0.5) is 5.69 Å². The first-order valence-corrected chi connectivity index (χ1v) is 11.1. The molecular formula is C24H28ClN3O. The van der Waals surface area contributed by atoms with E-state index in [4.69, 9.17) is 16.3 Å². The molecule has 1 aromatic heterocycles. The van der Waals surface area contributed by atoms with Gasteiger partial charge < -0.3 is 14.6 Å². The van der Waals surface area contributed by atoms with Crippen LogP contribution in [0.15, 0.2) is 42.6 Å². The molecule has 1 fully saturated rings. The van der Waals surface area contributed by atoms with Gasteiger partial charge in [0.15, 0.2) is 0 Å². The smallest absolute Gasteiger partial charge is 0.122 e. The van der Waals surface area contributed by atoms with Gasteiger partial charge in [-0.15, -0.1) is 0 Å². The van der Waals surface area contributed by atoms with Crippen LogP contribution < -0.4 is 9.64 Å². The van der Waals surface area contributed by atoms with E-state index in [1.54, 1.807) is 0 Å². The minimum atomic E-state index is 0.812.